The first-order valence-corrected chi connectivity index (χ1v) is 9.82. The van der Waals surface area contributed by atoms with Crippen LogP contribution in [-0.2, 0) is 0 Å². The van der Waals surface area contributed by atoms with Crippen molar-refractivity contribution in [3.05, 3.63) is 57.1 Å². The first kappa shape index (κ1) is 19.8. The molecule has 0 heteroatoms. The summed E-state index contributed by atoms with van der Waals surface area (Å²) in [5.41, 5.74) is 13.4. The molecule has 0 fully saturated rings. The minimum Gasteiger partial charge on any atom is -0.0614 e. The van der Waals surface area contributed by atoms with Crippen LogP contribution in [-0.4, -0.2) is 0 Å². The SMILES string of the molecule is Cc1cccc(-c2c(C(C)C)c(C)c(C(C)C)c(C)c2C(C)C)c1C. The van der Waals surface area contributed by atoms with E-state index in [4.69, 9.17) is 0 Å². The van der Waals surface area contributed by atoms with Gasteiger partial charge in [-0.3, -0.25) is 0 Å². The Morgan fingerprint density at radius 1 is 0.560 bits per heavy atom. The molecule has 0 saturated carbocycles. The van der Waals surface area contributed by atoms with Crippen LogP contribution in [0.4, 0.5) is 0 Å². The Kier molecular flexibility index (Phi) is 5.82. The summed E-state index contributed by atoms with van der Waals surface area (Å²) in [5, 5.41) is 0. The van der Waals surface area contributed by atoms with Gasteiger partial charge in [-0.05, 0) is 95.5 Å². The predicted octanol–water partition coefficient (Wildman–Crippen LogP) is 7.96. The van der Waals surface area contributed by atoms with Crippen LogP contribution in [0.1, 0.15) is 98.2 Å². The molecule has 2 rings (SSSR count). The van der Waals surface area contributed by atoms with Crippen molar-refractivity contribution in [3.63, 3.8) is 0 Å². The third-order valence-corrected chi connectivity index (χ3v) is 5.76. The molecule has 0 atom stereocenters. The van der Waals surface area contributed by atoms with Gasteiger partial charge in [0.2, 0.25) is 0 Å². The van der Waals surface area contributed by atoms with Crippen molar-refractivity contribution in [2.75, 3.05) is 0 Å². The molecular formula is C25H36. The maximum Gasteiger partial charge on any atom is -0.0106 e. The fourth-order valence-corrected chi connectivity index (χ4v) is 4.71. The van der Waals surface area contributed by atoms with Gasteiger partial charge in [0.1, 0.15) is 0 Å². The Bertz CT molecular complexity index is 738. The Balaban J connectivity index is 3.07. The molecule has 0 saturated heterocycles. The van der Waals surface area contributed by atoms with Gasteiger partial charge in [0, 0.05) is 0 Å². The fourth-order valence-electron chi connectivity index (χ4n) is 4.71. The highest BCUT2D eigenvalue weighted by Crippen LogP contribution is 2.45. The van der Waals surface area contributed by atoms with Gasteiger partial charge in [0.25, 0.3) is 0 Å². The highest BCUT2D eigenvalue weighted by molar-refractivity contribution is 5.79. The molecule has 0 spiro atoms. The van der Waals surface area contributed by atoms with Crippen LogP contribution < -0.4 is 0 Å². The van der Waals surface area contributed by atoms with Crippen LogP contribution in [0.2, 0.25) is 0 Å². The number of benzene rings is 2. The van der Waals surface area contributed by atoms with E-state index in [1.165, 1.54) is 33.4 Å². The van der Waals surface area contributed by atoms with Crippen molar-refractivity contribution in [1.29, 1.82) is 0 Å². The van der Waals surface area contributed by atoms with Crippen LogP contribution in [0.5, 0.6) is 0 Å². The van der Waals surface area contributed by atoms with Crippen molar-refractivity contribution in [3.8, 4) is 11.1 Å². The highest BCUT2D eigenvalue weighted by atomic mass is 14.3. The number of hydrogen-bond acceptors (Lipinski definition) is 0. The van der Waals surface area contributed by atoms with E-state index in [2.05, 4.69) is 87.4 Å². The molecule has 0 N–H and O–H groups in total. The van der Waals surface area contributed by atoms with Crippen LogP contribution in [0.15, 0.2) is 18.2 Å². The normalized spacial score (nSPS) is 11.9. The molecular weight excluding hydrogens is 300 g/mol. The van der Waals surface area contributed by atoms with Crippen LogP contribution in [0.25, 0.3) is 11.1 Å². The smallest absolute Gasteiger partial charge is 0.0106 e. The summed E-state index contributed by atoms with van der Waals surface area (Å²) in [7, 11) is 0. The summed E-state index contributed by atoms with van der Waals surface area (Å²) in [4.78, 5) is 0. The Morgan fingerprint density at radius 2 is 1.00 bits per heavy atom. The van der Waals surface area contributed by atoms with Crippen molar-refractivity contribution in [2.45, 2.75) is 87.0 Å². The quantitative estimate of drug-likeness (QED) is 0.531. The first-order valence-electron chi connectivity index (χ1n) is 9.82. The molecule has 0 amide bonds. The van der Waals surface area contributed by atoms with E-state index >= 15 is 0 Å². The van der Waals surface area contributed by atoms with E-state index in [0.717, 1.165) is 0 Å². The van der Waals surface area contributed by atoms with Gasteiger partial charge < -0.3 is 0 Å². The standard InChI is InChI=1S/C25H36/c1-14(2)22-19(9)23(15(3)4)25(24(16(5)6)20(22)10)21-13-11-12-17(7)18(21)8/h11-16H,1-10H3. The van der Waals surface area contributed by atoms with Gasteiger partial charge in [0.05, 0.1) is 0 Å². The minimum absolute atomic E-state index is 0.519. The van der Waals surface area contributed by atoms with Gasteiger partial charge in [-0.2, -0.15) is 0 Å². The lowest BCUT2D eigenvalue weighted by molar-refractivity contribution is 0.782. The van der Waals surface area contributed by atoms with Crippen LogP contribution >= 0.6 is 0 Å². The maximum absolute atomic E-state index is 2.35. The summed E-state index contributed by atoms with van der Waals surface area (Å²) >= 11 is 0. The molecule has 25 heavy (non-hydrogen) atoms. The maximum atomic E-state index is 2.35. The molecule has 0 aliphatic rings. The van der Waals surface area contributed by atoms with Crippen molar-refractivity contribution < 1.29 is 0 Å². The topological polar surface area (TPSA) is 0 Å². The number of rotatable bonds is 4. The van der Waals surface area contributed by atoms with Crippen molar-refractivity contribution in [2.24, 2.45) is 0 Å². The summed E-state index contributed by atoms with van der Waals surface area (Å²) < 4.78 is 0. The second-order valence-corrected chi connectivity index (χ2v) is 8.58. The molecule has 2 aromatic rings. The second kappa shape index (κ2) is 7.36. The molecule has 0 unspecified atom stereocenters. The lowest BCUT2D eigenvalue weighted by atomic mass is 9.74. The molecule has 0 aromatic heterocycles. The van der Waals surface area contributed by atoms with Crippen LogP contribution in [0, 0.1) is 27.7 Å². The lowest BCUT2D eigenvalue weighted by Crippen LogP contribution is -2.11. The highest BCUT2D eigenvalue weighted by Gasteiger charge is 2.25. The molecule has 0 nitrogen and oxygen atoms in total. The zero-order valence-electron chi connectivity index (χ0n) is 18.0. The molecule has 2 aromatic carbocycles. The van der Waals surface area contributed by atoms with Gasteiger partial charge in [-0.25, -0.2) is 0 Å². The Hall–Kier alpha value is -1.56. The monoisotopic (exact) mass is 336 g/mol. The van der Waals surface area contributed by atoms with Gasteiger partial charge >= 0.3 is 0 Å². The van der Waals surface area contributed by atoms with Gasteiger partial charge in [0.15, 0.2) is 0 Å². The zero-order chi connectivity index (χ0) is 19.0. The third kappa shape index (κ3) is 3.41. The molecule has 0 bridgehead atoms. The number of hydrogen-bond donors (Lipinski definition) is 0. The van der Waals surface area contributed by atoms with Gasteiger partial charge in [-0.15, -0.1) is 0 Å². The Morgan fingerprint density at radius 3 is 1.40 bits per heavy atom. The predicted molar refractivity (Wildman–Crippen MR) is 113 cm³/mol. The fraction of sp³-hybridized carbons (Fsp3) is 0.520. The summed E-state index contributed by atoms with van der Waals surface area (Å²) in [5.74, 6) is 1.60. The molecule has 0 heterocycles. The molecule has 136 valence electrons. The first-order chi connectivity index (χ1) is 11.6. The molecule has 0 aliphatic heterocycles. The van der Waals surface area contributed by atoms with E-state index in [1.807, 2.05) is 0 Å². The van der Waals surface area contributed by atoms with Crippen LogP contribution in [0.3, 0.4) is 0 Å². The lowest BCUT2D eigenvalue weighted by Gasteiger charge is -2.30. The average Bonchev–Trinajstić information content (AvgIpc) is 2.48. The largest absolute Gasteiger partial charge is 0.0614 e. The summed E-state index contributed by atoms with van der Waals surface area (Å²) in [6.45, 7) is 23.3. The van der Waals surface area contributed by atoms with E-state index in [-0.39, 0.29) is 0 Å². The van der Waals surface area contributed by atoms with E-state index in [0.29, 0.717) is 17.8 Å². The summed E-state index contributed by atoms with van der Waals surface area (Å²) in [6, 6.07) is 6.77. The van der Waals surface area contributed by atoms with Crippen molar-refractivity contribution in [1.82, 2.24) is 0 Å². The third-order valence-electron chi connectivity index (χ3n) is 5.76. The number of aryl methyl sites for hydroxylation is 1. The van der Waals surface area contributed by atoms with E-state index in [9.17, 15) is 0 Å². The molecule has 0 aliphatic carbocycles. The van der Waals surface area contributed by atoms with Crippen molar-refractivity contribution >= 4 is 0 Å². The minimum atomic E-state index is 0.519. The van der Waals surface area contributed by atoms with E-state index in [1.54, 1.807) is 16.7 Å². The van der Waals surface area contributed by atoms with Gasteiger partial charge in [-0.1, -0.05) is 59.7 Å². The second-order valence-electron chi connectivity index (χ2n) is 8.58. The van der Waals surface area contributed by atoms with E-state index < -0.39 is 0 Å². The zero-order valence-corrected chi connectivity index (χ0v) is 18.0. The summed E-state index contributed by atoms with van der Waals surface area (Å²) in [6.07, 6.45) is 0. The Labute approximate surface area is 155 Å². The average molecular weight is 337 g/mol. The molecule has 0 radical (unpaired) electrons.